The largest absolute Gasteiger partial charge is 0.441 e. The topological polar surface area (TPSA) is 12.0 Å². The molecule has 0 radical (unpaired) electrons. The van der Waals surface area contributed by atoms with Crippen LogP contribution < -0.4 is 5.32 Å². The fourth-order valence-corrected chi connectivity index (χ4v) is 2.39. The van der Waals surface area contributed by atoms with Gasteiger partial charge in [-0.15, -0.1) is 0 Å². The molecule has 0 spiro atoms. The van der Waals surface area contributed by atoms with Gasteiger partial charge in [-0.05, 0) is 36.6 Å². The third-order valence-corrected chi connectivity index (χ3v) is 3.48. The molecular weight excluding hydrogens is 278 g/mol. The number of benzene rings is 1. The molecule has 108 valence electrons. The molecule has 1 unspecified atom stereocenters. The zero-order valence-electron chi connectivity index (χ0n) is 10.6. The number of hydrogen-bond acceptors (Lipinski definition) is 2. The molecule has 1 nitrogen and oxygen atoms in total. The van der Waals surface area contributed by atoms with Gasteiger partial charge in [0.25, 0.3) is 0 Å². The highest BCUT2D eigenvalue weighted by Crippen LogP contribution is 2.32. The van der Waals surface area contributed by atoms with E-state index in [0.29, 0.717) is 13.0 Å². The summed E-state index contributed by atoms with van der Waals surface area (Å²) < 4.78 is 49.2. The van der Waals surface area contributed by atoms with Gasteiger partial charge in [-0.25, -0.2) is 4.39 Å². The molecule has 1 N–H and O–H groups in total. The van der Waals surface area contributed by atoms with Gasteiger partial charge < -0.3 is 5.32 Å². The lowest BCUT2D eigenvalue weighted by atomic mass is 9.96. The van der Waals surface area contributed by atoms with Crippen LogP contribution in [0.5, 0.6) is 0 Å². The molecular formula is C13H17F4NS. The van der Waals surface area contributed by atoms with Crippen molar-refractivity contribution < 1.29 is 17.6 Å². The molecule has 0 aliphatic heterocycles. The maximum absolute atomic E-state index is 12.8. The molecule has 0 aromatic heterocycles. The van der Waals surface area contributed by atoms with Crippen molar-refractivity contribution in [3.8, 4) is 0 Å². The Morgan fingerprint density at radius 2 is 1.84 bits per heavy atom. The summed E-state index contributed by atoms with van der Waals surface area (Å²) in [5.74, 6) is -0.359. The molecule has 0 aliphatic rings. The fourth-order valence-electron chi connectivity index (χ4n) is 1.76. The Labute approximate surface area is 114 Å². The molecule has 0 bridgehead atoms. The predicted octanol–water partition coefficient (Wildman–Crippen LogP) is 4.16. The van der Waals surface area contributed by atoms with E-state index in [1.807, 2.05) is 6.92 Å². The van der Waals surface area contributed by atoms with E-state index >= 15 is 0 Å². The standard InChI is InChI=1S/C13H17F4NS/c1-2-18-9-11(7-8-19-13(15,16)17)10-3-5-12(14)6-4-10/h3-6,11,18H,2,7-9H2,1H3. The maximum Gasteiger partial charge on any atom is 0.441 e. The Morgan fingerprint density at radius 3 is 2.37 bits per heavy atom. The monoisotopic (exact) mass is 295 g/mol. The van der Waals surface area contributed by atoms with E-state index in [1.165, 1.54) is 12.1 Å². The van der Waals surface area contributed by atoms with Crippen LogP contribution in [0.2, 0.25) is 0 Å². The second kappa shape index (κ2) is 7.75. The van der Waals surface area contributed by atoms with Crippen molar-refractivity contribution in [3.63, 3.8) is 0 Å². The SMILES string of the molecule is CCNCC(CCSC(F)(F)F)c1ccc(F)cc1. The fraction of sp³-hybridized carbons (Fsp3) is 0.538. The minimum atomic E-state index is -4.19. The molecule has 1 rings (SSSR count). The summed E-state index contributed by atoms with van der Waals surface area (Å²) in [5.41, 5.74) is -3.32. The van der Waals surface area contributed by atoms with Gasteiger partial charge in [0.05, 0.1) is 0 Å². The molecule has 0 saturated heterocycles. The zero-order chi connectivity index (χ0) is 14.3. The smallest absolute Gasteiger partial charge is 0.316 e. The Bertz CT molecular complexity index is 364. The first kappa shape index (κ1) is 16.3. The third kappa shape index (κ3) is 6.82. The zero-order valence-corrected chi connectivity index (χ0v) is 11.5. The number of rotatable bonds is 7. The third-order valence-electron chi connectivity index (χ3n) is 2.71. The molecule has 1 aromatic rings. The molecule has 1 aromatic carbocycles. The van der Waals surface area contributed by atoms with Crippen LogP contribution in [-0.4, -0.2) is 24.4 Å². The number of hydrogen-bond donors (Lipinski definition) is 1. The summed E-state index contributed by atoms with van der Waals surface area (Å²) in [4.78, 5) is 0. The van der Waals surface area contributed by atoms with Crippen LogP contribution in [0.25, 0.3) is 0 Å². The number of halogens is 4. The van der Waals surface area contributed by atoms with Gasteiger partial charge >= 0.3 is 5.51 Å². The van der Waals surface area contributed by atoms with E-state index in [2.05, 4.69) is 5.32 Å². The maximum atomic E-state index is 12.8. The van der Waals surface area contributed by atoms with Crippen LogP contribution in [0.1, 0.15) is 24.8 Å². The lowest BCUT2D eigenvalue weighted by molar-refractivity contribution is -0.0328. The first-order valence-corrected chi connectivity index (χ1v) is 7.08. The summed E-state index contributed by atoms with van der Waals surface area (Å²) in [6.45, 7) is 3.29. The quantitative estimate of drug-likeness (QED) is 0.758. The minimum Gasteiger partial charge on any atom is -0.316 e. The average molecular weight is 295 g/mol. The van der Waals surface area contributed by atoms with Crippen molar-refractivity contribution in [2.45, 2.75) is 24.8 Å². The van der Waals surface area contributed by atoms with Gasteiger partial charge in [0.15, 0.2) is 0 Å². The molecule has 19 heavy (non-hydrogen) atoms. The van der Waals surface area contributed by atoms with E-state index in [-0.39, 0.29) is 29.2 Å². The second-order valence-corrected chi connectivity index (χ2v) is 5.30. The van der Waals surface area contributed by atoms with Crippen molar-refractivity contribution in [2.75, 3.05) is 18.8 Å². The number of thioether (sulfide) groups is 1. The van der Waals surface area contributed by atoms with Crippen LogP contribution in [0.15, 0.2) is 24.3 Å². The predicted molar refractivity (Wildman–Crippen MR) is 70.8 cm³/mol. The Balaban J connectivity index is 2.58. The van der Waals surface area contributed by atoms with Gasteiger partial charge in [0.1, 0.15) is 5.82 Å². The first-order chi connectivity index (χ1) is 8.92. The van der Waals surface area contributed by atoms with Gasteiger partial charge in [-0.1, -0.05) is 30.8 Å². The van der Waals surface area contributed by atoms with Crippen molar-refractivity contribution in [1.82, 2.24) is 5.32 Å². The number of alkyl halides is 3. The average Bonchev–Trinajstić information content (AvgIpc) is 2.33. The molecule has 0 fully saturated rings. The normalized spacial score (nSPS) is 13.5. The van der Waals surface area contributed by atoms with Crippen molar-refractivity contribution in [1.29, 1.82) is 0 Å². The van der Waals surface area contributed by atoms with Crippen molar-refractivity contribution in [3.05, 3.63) is 35.6 Å². The molecule has 0 saturated carbocycles. The first-order valence-electron chi connectivity index (χ1n) is 6.09. The summed E-state index contributed by atoms with van der Waals surface area (Å²) in [7, 11) is 0. The summed E-state index contributed by atoms with van der Waals surface area (Å²) in [6.07, 6.45) is 0.406. The number of nitrogens with one attached hydrogen (secondary N) is 1. The van der Waals surface area contributed by atoms with Crippen LogP contribution in [-0.2, 0) is 0 Å². The second-order valence-electron chi connectivity index (χ2n) is 4.14. The van der Waals surface area contributed by atoms with Crippen LogP contribution in [0, 0.1) is 5.82 Å². The van der Waals surface area contributed by atoms with Crippen LogP contribution >= 0.6 is 11.8 Å². The Kier molecular flexibility index (Phi) is 6.65. The highest BCUT2D eigenvalue weighted by atomic mass is 32.2. The highest BCUT2D eigenvalue weighted by molar-refractivity contribution is 8.00. The van der Waals surface area contributed by atoms with E-state index in [4.69, 9.17) is 0 Å². The Morgan fingerprint density at radius 1 is 1.21 bits per heavy atom. The van der Waals surface area contributed by atoms with Gasteiger partial charge in [0.2, 0.25) is 0 Å². The summed E-state index contributed by atoms with van der Waals surface area (Å²) in [5, 5.41) is 3.12. The summed E-state index contributed by atoms with van der Waals surface area (Å²) in [6, 6.07) is 5.95. The molecule has 0 aliphatic carbocycles. The van der Waals surface area contributed by atoms with Crippen molar-refractivity contribution in [2.24, 2.45) is 0 Å². The van der Waals surface area contributed by atoms with Crippen LogP contribution in [0.3, 0.4) is 0 Å². The summed E-state index contributed by atoms with van der Waals surface area (Å²) >= 11 is -0.00868. The lowest BCUT2D eigenvalue weighted by Gasteiger charge is -2.18. The van der Waals surface area contributed by atoms with Crippen LogP contribution in [0.4, 0.5) is 17.6 Å². The van der Waals surface area contributed by atoms with E-state index in [9.17, 15) is 17.6 Å². The molecule has 6 heteroatoms. The molecule has 0 heterocycles. The Hall–Kier alpha value is -0.750. The van der Waals surface area contributed by atoms with Gasteiger partial charge in [0, 0.05) is 12.3 Å². The molecule has 0 amide bonds. The lowest BCUT2D eigenvalue weighted by Crippen LogP contribution is -2.22. The van der Waals surface area contributed by atoms with E-state index in [1.54, 1.807) is 12.1 Å². The van der Waals surface area contributed by atoms with Gasteiger partial charge in [-0.2, -0.15) is 13.2 Å². The highest BCUT2D eigenvalue weighted by Gasteiger charge is 2.28. The number of likely N-dealkylation sites (N-methyl/N-ethyl adjacent to an activating group) is 1. The van der Waals surface area contributed by atoms with Crippen molar-refractivity contribution >= 4 is 11.8 Å². The van der Waals surface area contributed by atoms with Gasteiger partial charge in [-0.3, -0.25) is 0 Å². The molecule has 1 atom stereocenters. The van der Waals surface area contributed by atoms with E-state index in [0.717, 1.165) is 12.1 Å². The minimum absolute atomic E-state index is 0.00868. The van der Waals surface area contributed by atoms with E-state index < -0.39 is 5.51 Å².